The van der Waals surface area contributed by atoms with E-state index in [2.05, 4.69) is 25.7 Å². The Bertz CT molecular complexity index is 1160. The number of carbonyl (C=O) groups excluding carboxylic acids is 1. The van der Waals surface area contributed by atoms with Crippen LogP contribution in [0.4, 0.5) is 5.82 Å². The van der Waals surface area contributed by atoms with Gasteiger partial charge in [-0.05, 0) is 37.6 Å². The van der Waals surface area contributed by atoms with Gasteiger partial charge in [0.15, 0.2) is 5.82 Å². The van der Waals surface area contributed by atoms with E-state index in [0.717, 1.165) is 42.2 Å². The van der Waals surface area contributed by atoms with Crippen LogP contribution in [-0.2, 0) is 0 Å². The molecule has 1 aromatic carbocycles. The van der Waals surface area contributed by atoms with Crippen molar-refractivity contribution in [1.82, 2.24) is 24.3 Å². The summed E-state index contributed by atoms with van der Waals surface area (Å²) in [5.74, 6) is 0.830. The quantitative estimate of drug-likeness (QED) is 0.586. The van der Waals surface area contributed by atoms with Gasteiger partial charge in [0.1, 0.15) is 12.0 Å². The number of aromatic nitrogens is 4. The number of nitrogens with one attached hydrogen (secondary N) is 1. The number of imidazole rings is 1. The van der Waals surface area contributed by atoms with E-state index in [1.54, 1.807) is 12.5 Å². The highest BCUT2D eigenvalue weighted by Gasteiger charge is 2.27. The maximum absolute atomic E-state index is 12.7. The Labute approximate surface area is 168 Å². The van der Waals surface area contributed by atoms with E-state index in [1.807, 2.05) is 60.3 Å². The van der Waals surface area contributed by atoms with Crippen molar-refractivity contribution in [1.29, 1.82) is 0 Å². The molecule has 3 aromatic heterocycles. The van der Waals surface area contributed by atoms with Crippen LogP contribution in [0.25, 0.3) is 11.2 Å². The molecular formula is C22H22N6O. The lowest BCUT2D eigenvalue weighted by molar-refractivity contribution is 0.0936. The lowest BCUT2D eigenvalue weighted by Gasteiger charge is -2.19. The predicted molar refractivity (Wildman–Crippen MR) is 112 cm³/mol. The van der Waals surface area contributed by atoms with Crippen LogP contribution in [0, 0.1) is 6.92 Å². The first kappa shape index (κ1) is 17.5. The molecule has 0 bridgehead atoms. The zero-order valence-electron chi connectivity index (χ0n) is 16.2. The first-order valence-electron chi connectivity index (χ1n) is 9.77. The molecule has 4 aromatic rings. The minimum Gasteiger partial charge on any atom is -0.353 e. The van der Waals surface area contributed by atoms with Crippen molar-refractivity contribution in [2.45, 2.75) is 19.4 Å². The van der Waals surface area contributed by atoms with Gasteiger partial charge >= 0.3 is 0 Å². The van der Waals surface area contributed by atoms with E-state index < -0.39 is 0 Å². The lowest BCUT2D eigenvalue weighted by Crippen LogP contribution is -2.37. The van der Waals surface area contributed by atoms with Crippen molar-refractivity contribution in [2.75, 3.05) is 18.0 Å². The summed E-state index contributed by atoms with van der Waals surface area (Å²) < 4.78 is 3.95. The number of hydrogen-bond acceptors (Lipinski definition) is 4. The molecule has 1 saturated heterocycles. The second kappa shape index (κ2) is 7.09. The van der Waals surface area contributed by atoms with Gasteiger partial charge in [0, 0.05) is 43.4 Å². The van der Waals surface area contributed by atoms with E-state index in [0.29, 0.717) is 5.69 Å². The van der Waals surface area contributed by atoms with Gasteiger partial charge in [-0.1, -0.05) is 18.2 Å². The molecule has 0 aliphatic carbocycles. The Kier molecular flexibility index (Phi) is 4.27. The normalized spacial score (nSPS) is 16.4. The summed E-state index contributed by atoms with van der Waals surface area (Å²) in [6.07, 6.45) is 8.38. The number of hydrogen-bond donors (Lipinski definition) is 1. The molecule has 146 valence electrons. The van der Waals surface area contributed by atoms with E-state index in [-0.39, 0.29) is 11.9 Å². The Hall–Kier alpha value is -3.61. The third-order valence-electron chi connectivity index (χ3n) is 5.31. The smallest absolute Gasteiger partial charge is 0.271 e. The number of amides is 1. The largest absolute Gasteiger partial charge is 0.353 e. The van der Waals surface area contributed by atoms with Crippen LogP contribution in [0.3, 0.4) is 0 Å². The highest BCUT2D eigenvalue weighted by atomic mass is 16.2. The van der Waals surface area contributed by atoms with E-state index in [1.165, 1.54) is 0 Å². The third-order valence-corrected chi connectivity index (χ3v) is 5.31. The summed E-state index contributed by atoms with van der Waals surface area (Å²) in [5.41, 5.74) is 3.47. The van der Waals surface area contributed by atoms with Gasteiger partial charge in [-0.2, -0.15) is 0 Å². The SMILES string of the molecule is Cc1cn2cccc2c(N2CCC(NC(=O)c3cn(-c4ccccc4)cn3)C2)n1. The molecule has 1 amide bonds. The summed E-state index contributed by atoms with van der Waals surface area (Å²) in [7, 11) is 0. The molecule has 7 nitrogen and oxygen atoms in total. The minimum atomic E-state index is -0.142. The van der Waals surface area contributed by atoms with Crippen molar-refractivity contribution in [3.05, 3.63) is 78.8 Å². The standard InChI is InChI=1S/C22H22N6O/c1-16-12-26-10-5-8-20(26)21(24-16)27-11-9-17(13-27)25-22(29)19-14-28(15-23-19)18-6-3-2-4-7-18/h2-8,10,12,14-15,17H,9,11,13H2,1H3,(H,25,29). The van der Waals surface area contributed by atoms with Crippen LogP contribution in [0.2, 0.25) is 0 Å². The first-order chi connectivity index (χ1) is 14.2. The van der Waals surface area contributed by atoms with E-state index in [9.17, 15) is 4.79 Å². The number of benzene rings is 1. The maximum atomic E-state index is 12.7. The van der Waals surface area contributed by atoms with Gasteiger partial charge in [0.25, 0.3) is 5.91 Å². The molecule has 4 heterocycles. The van der Waals surface area contributed by atoms with Crippen LogP contribution in [0.1, 0.15) is 22.6 Å². The number of carbonyl (C=O) groups is 1. The van der Waals surface area contributed by atoms with E-state index >= 15 is 0 Å². The third kappa shape index (κ3) is 3.35. The molecule has 29 heavy (non-hydrogen) atoms. The molecule has 7 heteroatoms. The fourth-order valence-corrected chi connectivity index (χ4v) is 3.89. The number of aryl methyl sites for hydroxylation is 1. The van der Waals surface area contributed by atoms with Gasteiger partial charge in [-0.15, -0.1) is 0 Å². The highest BCUT2D eigenvalue weighted by Crippen LogP contribution is 2.24. The van der Waals surface area contributed by atoms with Crippen LogP contribution < -0.4 is 10.2 Å². The monoisotopic (exact) mass is 386 g/mol. The molecule has 1 unspecified atom stereocenters. The number of rotatable bonds is 4. The van der Waals surface area contributed by atoms with Gasteiger partial charge in [0.2, 0.25) is 0 Å². The molecule has 0 radical (unpaired) electrons. The molecule has 0 saturated carbocycles. The summed E-state index contributed by atoms with van der Waals surface area (Å²) >= 11 is 0. The van der Waals surface area contributed by atoms with Crippen LogP contribution in [0.5, 0.6) is 0 Å². The Morgan fingerprint density at radius 2 is 2.00 bits per heavy atom. The molecule has 1 fully saturated rings. The second-order valence-corrected chi connectivity index (χ2v) is 7.41. The average Bonchev–Trinajstić information content (AvgIpc) is 3.48. The zero-order valence-corrected chi connectivity index (χ0v) is 16.2. The highest BCUT2D eigenvalue weighted by molar-refractivity contribution is 5.92. The zero-order chi connectivity index (χ0) is 19.8. The Balaban J connectivity index is 1.28. The summed E-state index contributed by atoms with van der Waals surface area (Å²) in [6.45, 7) is 3.60. The molecule has 1 atom stereocenters. The fraction of sp³-hybridized carbons (Fsp3) is 0.227. The molecule has 1 aliphatic rings. The Morgan fingerprint density at radius 3 is 2.86 bits per heavy atom. The number of anilines is 1. The fourth-order valence-electron chi connectivity index (χ4n) is 3.89. The second-order valence-electron chi connectivity index (χ2n) is 7.41. The molecule has 0 spiro atoms. The Morgan fingerprint density at radius 1 is 1.14 bits per heavy atom. The predicted octanol–water partition coefficient (Wildman–Crippen LogP) is 2.84. The van der Waals surface area contributed by atoms with Crippen LogP contribution in [-0.4, -0.2) is 44.0 Å². The number of fused-ring (bicyclic) bond motifs is 1. The minimum absolute atomic E-state index is 0.0710. The molecular weight excluding hydrogens is 364 g/mol. The number of para-hydroxylation sites is 1. The van der Waals surface area contributed by atoms with Crippen molar-refractivity contribution >= 4 is 17.2 Å². The average molecular weight is 386 g/mol. The van der Waals surface area contributed by atoms with Gasteiger partial charge < -0.3 is 19.2 Å². The topological polar surface area (TPSA) is 67.5 Å². The van der Waals surface area contributed by atoms with E-state index in [4.69, 9.17) is 4.98 Å². The van der Waals surface area contributed by atoms with Gasteiger partial charge in [0.05, 0.1) is 11.2 Å². The number of nitrogens with zero attached hydrogens (tertiary/aromatic N) is 5. The van der Waals surface area contributed by atoms with Crippen molar-refractivity contribution in [3.8, 4) is 5.69 Å². The summed E-state index contributed by atoms with van der Waals surface area (Å²) in [5, 5.41) is 3.13. The first-order valence-corrected chi connectivity index (χ1v) is 9.77. The maximum Gasteiger partial charge on any atom is 0.271 e. The van der Waals surface area contributed by atoms with Crippen molar-refractivity contribution in [3.63, 3.8) is 0 Å². The molecule has 1 N–H and O–H groups in total. The van der Waals surface area contributed by atoms with Crippen LogP contribution in [0.15, 0.2) is 67.4 Å². The van der Waals surface area contributed by atoms with Gasteiger partial charge in [-0.3, -0.25) is 4.79 Å². The van der Waals surface area contributed by atoms with Crippen LogP contribution >= 0.6 is 0 Å². The lowest BCUT2D eigenvalue weighted by atomic mass is 10.2. The molecule has 1 aliphatic heterocycles. The van der Waals surface area contributed by atoms with Crippen molar-refractivity contribution in [2.24, 2.45) is 0 Å². The van der Waals surface area contributed by atoms with Crippen molar-refractivity contribution < 1.29 is 4.79 Å². The summed E-state index contributed by atoms with van der Waals surface area (Å²) in [4.78, 5) is 24.0. The van der Waals surface area contributed by atoms with Gasteiger partial charge in [-0.25, -0.2) is 9.97 Å². The summed E-state index contributed by atoms with van der Waals surface area (Å²) in [6, 6.07) is 14.0. The molecule has 5 rings (SSSR count).